The zero-order valence-electron chi connectivity index (χ0n) is 7.86. The van der Waals surface area contributed by atoms with Crippen molar-refractivity contribution in [3.05, 3.63) is 21.3 Å². The summed E-state index contributed by atoms with van der Waals surface area (Å²) in [7, 11) is 0. The van der Waals surface area contributed by atoms with Crippen LogP contribution in [0.4, 0.5) is 5.82 Å². The molecule has 2 nitrogen and oxygen atoms in total. The van der Waals surface area contributed by atoms with Gasteiger partial charge in [0.1, 0.15) is 11.0 Å². The largest absolute Gasteiger partial charge is 0.369 e. The fraction of sp³-hybridized carbons (Fsp3) is 0.300. The normalized spacial score (nSPS) is 9.73. The predicted octanol–water partition coefficient (Wildman–Crippen LogP) is 3.87. The molecular weight excluding hydrogens is 254 g/mol. The maximum atomic E-state index is 5.91. The lowest BCUT2D eigenvalue weighted by molar-refractivity contribution is 0.901. The van der Waals surface area contributed by atoms with Crippen LogP contribution in [0.25, 0.3) is 0 Å². The van der Waals surface area contributed by atoms with Crippen LogP contribution in [0.5, 0.6) is 0 Å². The van der Waals surface area contributed by atoms with Gasteiger partial charge in [-0.15, -0.1) is 12.3 Å². The molecule has 1 aromatic heterocycles. The molecule has 0 aliphatic carbocycles. The van der Waals surface area contributed by atoms with Gasteiger partial charge in [0.15, 0.2) is 0 Å². The van der Waals surface area contributed by atoms with Crippen molar-refractivity contribution in [2.24, 2.45) is 0 Å². The molecule has 0 aliphatic heterocycles. The third-order valence-corrected chi connectivity index (χ3v) is 2.64. The Morgan fingerprint density at radius 1 is 1.33 bits per heavy atom. The summed E-state index contributed by atoms with van der Waals surface area (Å²) in [6.45, 7) is 0.703. The Morgan fingerprint density at radius 2 is 2.07 bits per heavy atom. The topological polar surface area (TPSA) is 24.9 Å². The van der Waals surface area contributed by atoms with Crippen LogP contribution < -0.4 is 5.32 Å². The van der Waals surface area contributed by atoms with Crippen LogP contribution >= 0.6 is 34.8 Å². The van der Waals surface area contributed by atoms with Crippen LogP contribution in [-0.4, -0.2) is 11.5 Å². The molecule has 1 aromatic rings. The number of unbranched alkanes of at least 4 members (excludes halogenated alkanes) is 1. The highest BCUT2D eigenvalue weighted by atomic mass is 35.5. The van der Waals surface area contributed by atoms with E-state index in [1.165, 1.54) is 0 Å². The number of anilines is 1. The van der Waals surface area contributed by atoms with Gasteiger partial charge in [-0.2, -0.15) is 0 Å². The summed E-state index contributed by atoms with van der Waals surface area (Å²) in [6, 6.07) is 1.56. The number of hydrogen-bond donors (Lipinski definition) is 1. The van der Waals surface area contributed by atoms with E-state index in [0.717, 1.165) is 6.42 Å². The molecule has 0 aliphatic rings. The molecular formula is C10H9Cl3N2. The minimum absolute atomic E-state index is 0.237. The molecule has 1 N–H and O–H groups in total. The number of terminal acetylenes is 1. The monoisotopic (exact) mass is 262 g/mol. The van der Waals surface area contributed by atoms with Crippen molar-refractivity contribution in [3.63, 3.8) is 0 Å². The lowest BCUT2D eigenvalue weighted by Gasteiger charge is -2.07. The second-order valence-corrected chi connectivity index (χ2v) is 4.00. The Labute approximate surface area is 104 Å². The maximum absolute atomic E-state index is 5.91. The summed E-state index contributed by atoms with van der Waals surface area (Å²) >= 11 is 17.4. The van der Waals surface area contributed by atoms with Crippen molar-refractivity contribution in [1.29, 1.82) is 0 Å². The van der Waals surface area contributed by atoms with Gasteiger partial charge in [-0.3, -0.25) is 0 Å². The molecule has 0 saturated carbocycles. The van der Waals surface area contributed by atoms with Crippen molar-refractivity contribution < 1.29 is 0 Å². The van der Waals surface area contributed by atoms with E-state index in [1.807, 2.05) is 0 Å². The van der Waals surface area contributed by atoms with Gasteiger partial charge in [-0.25, -0.2) is 4.98 Å². The Balaban J connectivity index is 2.62. The Bertz CT molecular complexity index is 385. The van der Waals surface area contributed by atoms with Crippen LogP contribution in [0.15, 0.2) is 6.07 Å². The standard InChI is InChI=1S/C10H9Cl3N2/c1-2-3-4-5-14-10-8(12)6-7(11)9(13)15-10/h1,6H,3-5H2,(H,14,15). The molecule has 5 heteroatoms. The van der Waals surface area contributed by atoms with Gasteiger partial charge in [0, 0.05) is 13.0 Å². The highest BCUT2D eigenvalue weighted by molar-refractivity contribution is 6.42. The van der Waals surface area contributed by atoms with E-state index >= 15 is 0 Å². The van der Waals surface area contributed by atoms with E-state index < -0.39 is 0 Å². The van der Waals surface area contributed by atoms with Crippen molar-refractivity contribution in [1.82, 2.24) is 4.98 Å². The highest BCUT2D eigenvalue weighted by Gasteiger charge is 2.06. The summed E-state index contributed by atoms with van der Waals surface area (Å²) in [5.41, 5.74) is 0. The first-order valence-corrected chi connectivity index (χ1v) is 5.47. The maximum Gasteiger partial charge on any atom is 0.150 e. The molecule has 0 bridgehead atoms. The van der Waals surface area contributed by atoms with Gasteiger partial charge in [0.05, 0.1) is 10.0 Å². The summed E-state index contributed by atoms with van der Waals surface area (Å²) in [5.74, 6) is 3.08. The van der Waals surface area contributed by atoms with E-state index in [2.05, 4.69) is 16.2 Å². The first-order chi connectivity index (χ1) is 7.15. The van der Waals surface area contributed by atoms with Gasteiger partial charge < -0.3 is 5.32 Å². The van der Waals surface area contributed by atoms with Gasteiger partial charge in [0.25, 0.3) is 0 Å². The van der Waals surface area contributed by atoms with Crippen LogP contribution in [-0.2, 0) is 0 Å². The molecule has 1 heterocycles. The highest BCUT2D eigenvalue weighted by Crippen LogP contribution is 2.28. The van der Waals surface area contributed by atoms with Gasteiger partial charge in [-0.05, 0) is 12.5 Å². The predicted molar refractivity (Wildman–Crippen MR) is 65.8 cm³/mol. The van der Waals surface area contributed by atoms with Gasteiger partial charge >= 0.3 is 0 Å². The third-order valence-electron chi connectivity index (χ3n) is 1.68. The second-order valence-electron chi connectivity index (χ2n) is 2.83. The lowest BCUT2D eigenvalue weighted by Crippen LogP contribution is -2.03. The lowest BCUT2D eigenvalue weighted by atomic mass is 10.3. The van der Waals surface area contributed by atoms with Gasteiger partial charge in [-0.1, -0.05) is 34.8 Å². The number of halogens is 3. The van der Waals surface area contributed by atoms with Crippen molar-refractivity contribution >= 4 is 40.6 Å². The quantitative estimate of drug-likeness (QED) is 0.507. The number of aromatic nitrogens is 1. The zero-order chi connectivity index (χ0) is 11.3. The average molecular weight is 264 g/mol. The summed E-state index contributed by atoms with van der Waals surface area (Å²) < 4.78 is 0. The van der Waals surface area contributed by atoms with E-state index in [4.69, 9.17) is 41.2 Å². The molecule has 0 spiro atoms. The van der Waals surface area contributed by atoms with Crippen LogP contribution in [0.2, 0.25) is 15.2 Å². The van der Waals surface area contributed by atoms with Crippen molar-refractivity contribution in [2.75, 3.05) is 11.9 Å². The van der Waals surface area contributed by atoms with Crippen molar-refractivity contribution in [2.45, 2.75) is 12.8 Å². The number of rotatable bonds is 4. The minimum Gasteiger partial charge on any atom is -0.369 e. The fourth-order valence-electron chi connectivity index (χ4n) is 0.965. The number of nitrogens with one attached hydrogen (secondary N) is 1. The zero-order valence-corrected chi connectivity index (χ0v) is 10.1. The molecule has 0 amide bonds. The Hall–Kier alpha value is -0.620. The van der Waals surface area contributed by atoms with E-state index in [9.17, 15) is 0 Å². The molecule has 0 radical (unpaired) electrons. The van der Waals surface area contributed by atoms with E-state index in [1.54, 1.807) is 6.07 Å². The second kappa shape index (κ2) is 6.07. The minimum atomic E-state index is 0.237. The Morgan fingerprint density at radius 3 is 2.73 bits per heavy atom. The molecule has 1 rings (SSSR count). The molecule has 0 unspecified atom stereocenters. The summed E-state index contributed by atoms with van der Waals surface area (Å²) in [4.78, 5) is 4.01. The molecule has 80 valence electrons. The summed E-state index contributed by atoms with van der Waals surface area (Å²) in [6.07, 6.45) is 6.69. The first kappa shape index (κ1) is 12.4. The number of nitrogens with zero attached hydrogens (tertiary/aromatic N) is 1. The average Bonchev–Trinajstić information content (AvgIpc) is 2.20. The Kier molecular flexibility index (Phi) is 5.04. The summed E-state index contributed by atoms with van der Waals surface area (Å²) in [5, 5.41) is 4.06. The fourth-order valence-corrected chi connectivity index (χ4v) is 1.53. The number of pyridine rings is 1. The molecule has 0 atom stereocenters. The smallest absolute Gasteiger partial charge is 0.150 e. The molecule has 0 aromatic carbocycles. The van der Waals surface area contributed by atoms with Crippen LogP contribution in [0.1, 0.15) is 12.8 Å². The van der Waals surface area contributed by atoms with E-state index in [-0.39, 0.29) is 5.15 Å². The van der Waals surface area contributed by atoms with E-state index in [0.29, 0.717) is 28.8 Å². The molecule has 0 fully saturated rings. The first-order valence-electron chi connectivity index (χ1n) is 4.34. The van der Waals surface area contributed by atoms with Crippen LogP contribution in [0, 0.1) is 12.3 Å². The van der Waals surface area contributed by atoms with Crippen molar-refractivity contribution in [3.8, 4) is 12.3 Å². The van der Waals surface area contributed by atoms with Gasteiger partial charge in [0.2, 0.25) is 0 Å². The third kappa shape index (κ3) is 3.79. The number of hydrogen-bond acceptors (Lipinski definition) is 2. The SMILES string of the molecule is C#CCCCNc1nc(Cl)c(Cl)cc1Cl. The molecule has 15 heavy (non-hydrogen) atoms. The molecule has 0 saturated heterocycles. The van der Waals surface area contributed by atoms with Crippen LogP contribution in [0.3, 0.4) is 0 Å².